The first-order chi connectivity index (χ1) is 6.72. The Kier molecular flexibility index (Phi) is 5.17. The second-order valence-corrected chi connectivity index (χ2v) is 4.49. The van der Waals surface area contributed by atoms with Crippen LogP contribution >= 0.6 is 35.6 Å². The van der Waals surface area contributed by atoms with Gasteiger partial charge in [0.05, 0.1) is 11.6 Å². The molecule has 0 fully saturated rings. The molecule has 1 aromatic rings. The summed E-state index contributed by atoms with van der Waals surface area (Å²) in [5.41, 5.74) is 0. The highest BCUT2D eigenvalue weighted by Gasteiger charge is 2.00. The van der Waals surface area contributed by atoms with Crippen molar-refractivity contribution in [3.05, 3.63) is 23.4 Å². The number of thioether (sulfide) groups is 1. The second kappa shape index (κ2) is 6.19. The van der Waals surface area contributed by atoms with Gasteiger partial charge in [-0.15, -0.1) is 0 Å². The molecule has 0 atom stereocenters. The van der Waals surface area contributed by atoms with Gasteiger partial charge in [-0.3, -0.25) is 0 Å². The van der Waals surface area contributed by atoms with E-state index in [2.05, 4.69) is 10.3 Å². The summed E-state index contributed by atoms with van der Waals surface area (Å²) in [5.74, 6) is 0. The minimum absolute atomic E-state index is 0.0642. The minimum atomic E-state index is 0.0642. The van der Waals surface area contributed by atoms with Crippen molar-refractivity contribution in [3.8, 4) is 0 Å². The SMILES string of the molecule is OCCNC(=S)Sc1ccc(Cl)cn1. The number of aromatic nitrogens is 1. The van der Waals surface area contributed by atoms with E-state index in [0.717, 1.165) is 5.03 Å². The number of aliphatic hydroxyl groups is 1. The van der Waals surface area contributed by atoms with Gasteiger partial charge < -0.3 is 10.4 Å². The molecule has 0 saturated heterocycles. The number of nitrogens with one attached hydrogen (secondary N) is 1. The number of hydrogen-bond donors (Lipinski definition) is 2. The Labute approximate surface area is 96.9 Å². The molecule has 0 aliphatic heterocycles. The third kappa shape index (κ3) is 4.23. The molecule has 0 aromatic carbocycles. The topological polar surface area (TPSA) is 45.1 Å². The Morgan fingerprint density at radius 2 is 2.43 bits per heavy atom. The van der Waals surface area contributed by atoms with Crippen LogP contribution in [0.3, 0.4) is 0 Å². The summed E-state index contributed by atoms with van der Waals surface area (Å²) in [5, 5.41) is 12.8. The standard InChI is InChI=1S/C8H9ClN2OS2/c9-6-1-2-7(11-5-6)14-8(13)10-3-4-12/h1-2,5,12H,3-4H2,(H,10,13). The van der Waals surface area contributed by atoms with Gasteiger partial charge in [0.25, 0.3) is 0 Å². The largest absolute Gasteiger partial charge is 0.395 e. The fourth-order valence-corrected chi connectivity index (χ4v) is 1.79. The summed E-state index contributed by atoms with van der Waals surface area (Å²) >= 11 is 12.0. The first-order valence-corrected chi connectivity index (χ1v) is 5.51. The van der Waals surface area contributed by atoms with Crippen LogP contribution in [0.1, 0.15) is 0 Å². The van der Waals surface area contributed by atoms with Crippen molar-refractivity contribution in [2.45, 2.75) is 5.03 Å². The van der Waals surface area contributed by atoms with Gasteiger partial charge in [-0.25, -0.2) is 4.98 Å². The summed E-state index contributed by atoms with van der Waals surface area (Å²) in [6.07, 6.45) is 1.57. The van der Waals surface area contributed by atoms with Gasteiger partial charge in [-0.1, -0.05) is 23.8 Å². The molecule has 3 nitrogen and oxygen atoms in total. The molecule has 0 amide bonds. The van der Waals surface area contributed by atoms with Gasteiger partial charge in [0.2, 0.25) is 0 Å². The molecule has 6 heteroatoms. The van der Waals surface area contributed by atoms with Crippen LogP contribution < -0.4 is 5.32 Å². The van der Waals surface area contributed by atoms with E-state index in [1.165, 1.54) is 11.8 Å². The fourth-order valence-electron chi connectivity index (χ4n) is 0.712. The average Bonchev–Trinajstić information content (AvgIpc) is 2.18. The predicted octanol–water partition coefficient (Wildman–Crippen LogP) is 1.69. The lowest BCUT2D eigenvalue weighted by atomic mass is 10.5. The Bertz CT molecular complexity index is 305. The lowest BCUT2D eigenvalue weighted by molar-refractivity contribution is 0.301. The van der Waals surface area contributed by atoms with Crippen molar-refractivity contribution in [2.75, 3.05) is 13.2 Å². The molecule has 0 radical (unpaired) electrons. The predicted molar refractivity (Wildman–Crippen MR) is 62.8 cm³/mol. The maximum absolute atomic E-state index is 8.55. The quantitative estimate of drug-likeness (QED) is 0.630. The number of aliphatic hydroxyl groups excluding tert-OH is 1. The molecule has 2 N–H and O–H groups in total. The number of halogens is 1. The highest BCUT2D eigenvalue weighted by molar-refractivity contribution is 8.22. The van der Waals surface area contributed by atoms with E-state index in [1.54, 1.807) is 18.3 Å². The zero-order chi connectivity index (χ0) is 10.4. The van der Waals surface area contributed by atoms with Crippen molar-refractivity contribution < 1.29 is 5.11 Å². The summed E-state index contributed by atoms with van der Waals surface area (Å²) in [6, 6.07) is 3.55. The van der Waals surface area contributed by atoms with E-state index in [0.29, 0.717) is 15.9 Å². The number of hydrogen-bond acceptors (Lipinski definition) is 4. The lowest BCUT2D eigenvalue weighted by Gasteiger charge is -2.04. The highest BCUT2D eigenvalue weighted by atomic mass is 35.5. The molecular weight excluding hydrogens is 240 g/mol. The fraction of sp³-hybridized carbons (Fsp3) is 0.250. The van der Waals surface area contributed by atoms with Crippen molar-refractivity contribution >= 4 is 39.9 Å². The van der Waals surface area contributed by atoms with E-state index < -0.39 is 0 Å². The molecule has 0 bridgehead atoms. The number of thiocarbonyl (C=S) groups is 1. The zero-order valence-corrected chi connectivity index (χ0v) is 9.62. The normalized spacial score (nSPS) is 9.86. The Morgan fingerprint density at radius 3 is 3.00 bits per heavy atom. The minimum Gasteiger partial charge on any atom is -0.395 e. The smallest absolute Gasteiger partial charge is 0.140 e. The second-order valence-electron chi connectivity index (χ2n) is 2.35. The van der Waals surface area contributed by atoms with Gasteiger partial charge in [-0.05, 0) is 23.9 Å². The molecule has 0 aliphatic rings. The summed E-state index contributed by atoms with van der Waals surface area (Å²) < 4.78 is 0.592. The van der Waals surface area contributed by atoms with Crippen LogP contribution in [-0.4, -0.2) is 27.6 Å². The van der Waals surface area contributed by atoms with Crippen molar-refractivity contribution in [2.24, 2.45) is 0 Å². The van der Waals surface area contributed by atoms with E-state index in [4.69, 9.17) is 28.9 Å². The molecule has 1 rings (SSSR count). The van der Waals surface area contributed by atoms with E-state index in [-0.39, 0.29) is 6.61 Å². The van der Waals surface area contributed by atoms with Crippen LogP contribution in [0.2, 0.25) is 5.02 Å². The van der Waals surface area contributed by atoms with E-state index >= 15 is 0 Å². The molecule has 76 valence electrons. The maximum atomic E-state index is 8.55. The Hall–Kier alpha value is -0.360. The molecular formula is C8H9ClN2OS2. The van der Waals surface area contributed by atoms with Crippen LogP contribution in [0, 0.1) is 0 Å². The molecule has 0 unspecified atom stereocenters. The summed E-state index contributed by atoms with van der Waals surface area (Å²) in [6.45, 7) is 0.522. The zero-order valence-electron chi connectivity index (χ0n) is 7.24. The monoisotopic (exact) mass is 248 g/mol. The summed E-state index contributed by atoms with van der Waals surface area (Å²) in [4.78, 5) is 4.07. The van der Waals surface area contributed by atoms with Crippen molar-refractivity contribution in [1.82, 2.24) is 10.3 Å². The maximum Gasteiger partial charge on any atom is 0.140 e. The average molecular weight is 249 g/mol. The highest BCUT2D eigenvalue weighted by Crippen LogP contribution is 2.17. The van der Waals surface area contributed by atoms with E-state index in [1.807, 2.05) is 0 Å². The van der Waals surface area contributed by atoms with Gasteiger partial charge in [0.15, 0.2) is 0 Å². The van der Waals surface area contributed by atoms with Crippen LogP contribution in [0.5, 0.6) is 0 Å². The third-order valence-electron chi connectivity index (χ3n) is 1.28. The Balaban J connectivity index is 2.44. The van der Waals surface area contributed by atoms with Gasteiger partial charge in [-0.2, -0.15) is 0 Å². The van der Waals surface area contributed by atoms with Gasteiger partial charge in [0, 0.05) is 12.7 Å². The number of rotatable bonds is 3. The van der Waals surface area contributed by atoms with Crippen LogP contribution in [-0.2, 0) is 0 Å². The van der Waals surface area contributed by atoms with Crippen LogP contribution in [0.25, 0.3) is 0 Å². The molecule has 1 heterocycles. The van der Waals surface area contributed by atoms with Gasteiger partial charge in [0.1, 0.15) is 9.35 Å². The van der Waals surface area contributed by atoms with Crippen LogP contribution in [0.4, 0.5) is 0 Å². The number of nitrogens with zero attached hydrogens (tertiary/aromatic N) is 1. The molecule has 0 spiro atoms. The molecule has 14 heavy (non-hydrogen) atoms. The van der Waals surface area contributed by atoms with E-state index in [9.17, 15) is 0 Å². The lowest BCUT2D eigenvalue weighted by Crippen LogP contribution is -2.21. The van der Waals surface area contributed by atoms with Gasteiger partial charge >= 0.3 is 0 Å². The van der Waals surface area contributed by atoms with Crippen LogP contribution in [0.15, 0.2) is 23.4 Å². The first kappa shape index (κ1) is 11.7. The van der Waals surface area contributed by atoms with Crippen molar-refractivity contribution in [3.63, 3.8) is 0 Å². The first-order valence-electron chi connectivity index (χ1n) is 3.90. The summed E-state index contributed by atoms with van der Waals surface area (Å²) in [7, 11) is 0. The van der Waals surface area contributed by atoms with Crippen molar-refractivity contribution in [1.29, 1.82) is 0 Å². The third-order valence-corrected chi connectivity index (χ3v) is 2.68. The Morgan fingerprint density at radius 1 is 1.64 bits per heavy atom. The molecule has 0 saturated carbocycles. The number of pyridine rings is 1. The molecule has 0 aliphatic carbocycles. The molecule has 1 aromatic heterocycles.